The lowest BCUT2D eigenvalue weighted by atomic mass is 10.2. The van der Waals surface area contributed by atoms with Crippen LogP contribution >= 0.6 is 11.3 Å². The van der Waals surface area contributed by atoms with Gasteiger partial charge in [-0.3, -0.25) is 14.8 Å². The lowest BCUT2D eigenvalue weighted by molar-refractivity contribution is 0.141. The molecule has 6 nitrogen and oxygen atoms in total. The molecule has 0 saturated carbocycles. The third-order valence-electron chi connectivity index (χ3n) is 5.73. The molecule has 0 aliphatic carbocycles. The number of methoxy groups -OCH3 is 1. The first-order valence-corrected chi connectivity index (χ1v) is 11.1. The molecule has 2 aliphatic rings. The number of nitrogens with one attached hydrogen (secondary N) is 2. The van der Waals surface area contributed by atoms with Crippen molar-refractivity contribution >= 4 is 17.3 Å². The number of hydrogen-bond acceptors (Lipinski definition) is 5. The van der Waals surface area contributed by atoms with Gasteiger partial charge in [0, 0.05) is 44.7 Å². The number of hydrogen-bond donors (Lipinski definition) is 2. The summed E-state index contributed by atoms with van der Waals surface area (Å²) in [5.74, 6) is 0.911. The summed E-state index contributed by atoms with van der Waals surface area (Å²) in [5.41, 5.74) is 0. The molecule has 2 atom stereocenters. The third-order valence-corrected chi connectivity index (χ3v) is 6.70. The average molecular weight is 394 g/mol. The van der Waals surface area contributed by atoms with Gasteiger partial charge >= 0.3 is 0 Å². The number of nitrogens with zero attached hydrogens (tertiary/aromatic N) is 3. The largest absolute Gasteiger partial charge is 0.383 e. The SMILES string of the molecule is CN=C(NCC1CCCN1CCOC)NCC(c1cccs1)N1CCCC1. The number of likely N-dealkylation sites (tertiary alicyclic amines) is 2. The second-order valence-corrected chi connectivity index (χ2v) is 8.41. The Hall–Kier alpha value is -1.15. The molecule has 0 aromatic carbocycles. The fraction of sp³-hybridized carbons (Fsp3) is 0.750. The van der Waals surface area contributed by atoms with Crippen molar-refractivity contribution in [2.24, 2.45) is 4.99 Å². The van der Waals surface area contributed by atoms with Crippen molar-refractivity contribution in [3.63, 3.8) is 0 Å². The molecule has 2 saturated heterocycles. The Morgan fingerprint density at radius 2 is 2.15 bits per heavy atom. The van der Waals surface area contributed by atoms with Crippen LogP contribution in [0.1, 0.15) is 36.6 Å². The van der Waals surface area contributed by atoms with Crippen molar-refractivity contribution in [1.29, 1.82) is 0 Å². The van der Waals surface area contributed by atoms with Crippen LogP contribution in [-0.4, -0.2) is 81.8 Å². The molecule has 0 spiro atoms. The van der Waals surface area contributed by atoms with Crippen molar-refractivity contribution in [2.45, 2.75) is 37.8 Å². The summed E-state index contributed by atoms with van der Waals surface area (Å²) in [6, 6.07) is 5.43. The summed E-state index contributed by atoms with van der Waals surface area (Å²) >= 11 is 1.86. The average Bonchev–Trinajstić information content (AvgIpc) is 3.46. The van der Waals surface area contributed by atoms with Crippen LogP contribution in [0.15, 0.2) is 22.5 Å². The molecule has 152 valence electrons. The van der Waals surface area contributed by atoms with Gasteiger partial charge in [-0.25, -0.2) is 0 Å². The molecule has 0 radical (unpaired) electrons. The maximum Gasteiger partial charge on any atom is 0.191 e. The van der Waals surface area contributed by atoms with Gasteiger partial charge in [-0.05, 0) is 56.8 Å². The first-order chi connectivity index (χ1) is 13.3. The molecule has 1 aromatic heterocycles. The van der Waals surface area contributed by atoms with E-state index in [2.05, 4.69) is 42.9 Å². The molecular formula is C20H35N5OS. The Labute approximate surface area is 168 Å². The standard InChI is InChI=1S/C20H35N5OS/c1-21-20(22-15-17-7-5-11-24(17)12-13-26-2)23-16-18(19-8-6-14-27-19)25-9-3-4-10-25/h6,8,14,17-18H,3-5,7,9-13,15-16H2,1-2H3,(H2,21,22,23). The van der Waals surface area contributed by atoms with Crippen LogP contribution in [0.25, 0.3) is 0 Å². The third kappa shape index (κ3) is 5.91. The van der Waals surface area contributed by atoms with E-state index in [1.54, 1.807) is 7.11 Å². The van der Waals surface area contributed by atoms with Crippen molar-refractivity contribution in [2.75, 3.05) is 60.0 Å². The fourth-order valence-corrected chi connectivity index (χ4v) is 5.06. The zero-order valence-electron chi connectivity index (χ0n) is 16.8. The predicted molar refractivity (Wildman–Crippen MR) is 114 cm³/mol. The summed E-state index contributed by atoms with van der Waals surface area (Å²) < 4.78 is 5.25. The highest BCUT2D eigenvalue weighted by Gasteiger charge is 2.26. The Kier molecular flexibility index (Phi) is 8.38. The minimum absolute atomic E-state index is 0.440. The quantitative estimate of drug-likeness (QED) is 0.497. The summed E-state index contributed by atoms with van der Waals surface area (Å²) in [5, 5.41) is 9.31. The number of ether oxygens (including phenoxy) is 1. The number of rotatable bonds is 9. The van der Waals surface area contributed by atoms with Gasteiger partial charge < -0.3 is 15.4 Å². The number of thiophene rings is 1. The van der Waals surface area contributed by atoms with Gasteiger partial charge in [0.15, 0.2) is 5.96 Å². The zero-order valence-corrected chi connectivity index (χ0v) is 17.6. The van der Waals surface area contributed by atoms with Gasteiger partial charge in [0.2, 0.25) is 0 Å². The Morgan fingerprint density at radius 3 is 2.85 bits per heavy atom. The molecule has 2 aliphatic heterocycles. The van der Waals surface area contributed by atoms with E-state index in [1.165, 1.54) is 50.2 Å². The van der Waals surface area contributed by atoms with E-state index in [1.807, 2.05) is 18.4 Å². The molecule has 2 unspecified atom stereocenters. The molecule has 2 fully saturated rings. The maximum absolute atomic E-state index is 5.25. The molecule has 3 heterocycles. The lowest BCUT2D eigenvalue weighted by Crippen LogP contribution is -2.47. The van der Waals surface area contributed by atoms with Crippen molar-refractivity contribution < 1.29 is 4.74 Å². The van der Waals surface area contributed by atoms with E-state index in [0.717, 1.165) is 32.2 Å². The Bertz CT molecular complexity index is 559. The minimum Gasteiger partial charge on any atom is -0.383 e. The van der Waals surface area contributed by atoms with E-state index in [4.69, 9.17) is 4.74 Å². The molecule has 0 bridgehead atoms. The number of aliphatic imine (C=N–C) groups is 1. The first-order valence-electron chi connectivity index (χ1n) is 10.3. The van der Waals surface area contributed by atoms with Gasteiger partial charge in [0.25, 0.3) is 0 Å². The maximum atomic E-state index is 5.25. The first kappa shape index (κ1) is 20.6. The van der Waals surface area contributed by atoms with Gasteiger partial charge in [0.05, 0.1) is 12.6 Å². The normalized spacial score (nSPS) is 23.0. The summed E-state index contributed by atoms with van der Waals surface area (Å²) in [6.45, 7) is 7.25. The van der Waals surface area contributed by atoms with Crippen molar-refractivity contribution in [3.05, 3.63) is 22.4 Å². The van der Waals surface area contributed by atoms with Crippen LogP contribution in [0, 0.1) is 0 Å². The second kappa shape index (κ2) is 11.0. The van der Waals surface area contributed by atoms with Crippen molar-refractivity contribution in [3.8, 4) is 0 Å². The van der Waals surface area contributed by atoms with E-state index >= 15 is 0 Å². The predicted octanol–water partition coefficient (Wildman–Crippen LogP) is 2.16. The van der Waals surface area contributed by atoms with Crippen LogP contribution in [0.4, 0.5) is 0 Å². The molecule has 2 N–H and O–H groups in total. The molecule has 3 rings (SSSR count). The smallest absolute Gasteiger partial charge is 0.191 e. The van der Waals surface area contributed by atoms with Gasteiger partial charge in [-0.15, -0.1) is 11.3 Å². The molecule has 27 heavy (non-hydrogen) atoms. The lowest BCUT2D eigenvalue weighted by Gasteiger charge is -2.28. The van der Waals surface area contributed by atoms with Crippen molar-refractivity contribution in [1.82, 2.24) is 20.4 Å². The highest BCUT2D eigenvalue weighted by Crippen LogP contribution is 2.27. The van der Waals surface area contributed by atoms with E-state index < -0.39 is 0 Å². The van der Waals surface area contributed by atoms with Crippen LogP contribution in [0.5, 0.6) is 0 Å². The second-order valence-electron chi connectivity index (χ2n) is 7.43. The summed E-state index contributed by atoms with van der Waals surface area (Å²) in [7, 11) is 3.64. The Balaban J connectivity index is 1.49. The molecular weight excluding hydrogens is 358 g/mol. The van der Waals surface area contributed by atoms with E-state index in [9.17, 15) is 0 Å². The molecule has 1 aromatic rings. The van der Waals surface area contributed by atoms with Crippen LogP contribution in [-0.2, 0) is 4.74 Å². The van der Waals surface area contributed by atoms with Gasteiger partial charge in [-0.2, -0.15) is 0 Å². The fourth-order valence-electron chi connectivity index (χ4n) is 4.20. The minimum atomic E-state index is 0.440. The molecule has 7 heteroatoms. The van der Waals surface area contributed by atoms with Crippen LogP contribution in [0.2, 0.25) is 0 Å². The van der Waals surface area contributed by atoms with Crippen LogP contribution in [0.3, 0.4) is 0 Å². The van der Waals surface area contributed by atoms with Gasteiger partial charge in [-0.1, -0.05) is 6.07 Å². The van der Waals surface area contributed by atoms with E-state index in [0.29, 0.717) is 12.1 Å². The van der Waals surface area contributed by atoms with Crippen LogP contribution < -0.4 is 10.6 Å². The topological polar surface area (TPSA) is 52.1 Å². The van der Waals surface area contributed by atoms with Gasteiger partial charge in [0.1, 0.15) is 0 Å². The highest BCUT2D eigenvalue weighted by atomic mass is 32.1. The number of guanidine groups is 1. The highest BCUT2D eigenvalue weighted by molar-refractivity contribution is 7.10. The zero-order chi connectivity index (χ0) is 18.9. The monoisotopic (exact) mass is 393 g/mol. The Morgan fingerprint density at radius 1 is 1.30 bits per heavy atom. The van der Waals surface area contributed by atoms with E-state index in [-0.39, 0.29) is 0 Å². The summed E-state index contributed by atoms with van der Waals surface area (Å²) in [4.78, 5) is 11.0. The summed E-state index contributed by atoms with van der Waals surface area (Å²) in [6.07, 6.45) is 5.15. The molecule has 0 amide bonds.